The van der Waals surface area contributed by atoms with Gasteiger partial charge < -0.3 is 9.30 Å². The minimum absolute atomic E-state index is 0.291. The third kappa shape index (κ3) is 3.26. The van der Waals surface area contributed by atoms with Crippen LogP contribution in [-0.4, -0.2) is 40.3 Å². The lowest BCUT2D eigenvalue weighted by molar-refractivity contribution is -0.0310. The van der Waals surface area contributed by atoms with E-state index in [0.29, 0.717) is 6.10 Å². The first kappa shape index (κ1) is 13.3. The minimum atomic E-state index is 0.291. The summed E-state index contributed by atoms with van der Waals surface area (Å²) >= 11 is 0. The Kier molecular flexibility index (Phi) is 4.14. The summed E-state index contributed by atoms with van der Waals surface area (Å²) in [6.07, 6.45) is 5.08. The molecule has 0 unspecified atom stereocenters. The van der Waals surface area contributed by atoms with Crippen molar-refractivity contribution in [2.24, 2.45) is 7.05 Å². The topological polar surface area (TPSA) is 30.3 Å². The third-order valence-electron chi connectivity index (χ3n) is 3.83. The number of rotatable bonds is 4. The van der Waals surface area contributed by atoms with E-state index < -0.39 is 0 Å². The van der Waals surface area contributed by atoms with Crippen molar-refractivity contribution in [3.8, 4) is 0 Å². The van der Waals surface area contributed by atoms with Gasteiger partial charge in [-0.25, -0.2) is 4.98 Å². The van der Waals surface area contributed by atoms with Crippen LogP contribution in [0.3, 0.4) is 0 Å². The summed E-state index contributed by atoms with van der Waals surface area (Å²) in [5, 5.41) is 0. The van der Waals surface area contributed by atoms with Gasteiger partial charge in [0.25, 0.3) is 0 Å². The van der Waals surface area contributed by atoms with Crippen molar-refractivity contribution in [2.45, 2.75) is 19.1 Å². The highest BCUT2D eigenvalue weighted by Gasteiger charge is 2.21. The van der Waals surface area contributed by atoms with E-state index in [9.17, 15) is 0 Å². The van der Waals surface area contributed by atoms with Crippen LogP contribution < -0.4 is 0 Å². The fourth-order valence-corrected chi connectivity index (χ4v) is 2.69. The second kappa shape index (κ2) is 6.20. The van der Waals surface area contributed by atoms with E-state index in [-0.39, 0.29) is 0 Å². The number of morpholine rings is 1. The average Bonchev–Trinajstić information content (AvgIpc) is 2.86. The Hall–Kier alpha value is -1.65. The van der Waals surface area contributed by atoms with Crippen LogP contribution in [0.4, 0.5) is 0 Å². The second-order valence-corrected chi connectivity index (χ2v) is 5.41. The van der Waals surface area contributed by atoms with Gasteiger partial charge in [-0.15, -0.1) is 0 Å². The van der Waals surface area contributed by atoms with Gasteiger partial charge in [-0.3, -0.25) is 4.90 Å². The van der Waals surface area contributed by atoms with Crippen molar-refractivity contribution in [1.29, 1.82) is 0 Å². The summed E-state index contributed by atoms with van der Waals surface area (Å²) in [7, 11) is 2.05. The van der Waals surface area contributed by atoms with Crippen molar-refractivity contribution in [3.63, 3.8) is 0 Å². The average molecular weight is 271 g/mol. The minimum Gasteiger partial charge on any atom is -0.375 e. The maximum absolute atomic E-state index is 5.90. The molecule has 0 aliphatic carbocycles. The molecule has 0 saturated carbocycles. The van der Waals surface area contributed by atoms with E-state index in [4.69, 9.17) is 4.74 Å². The fraction of sp³-hybridized carbons (Fsp3) is 0.438. The standard InChI is InChI=1S/C16H21N3O/c1-18-13-17-10-15(18)11-19-7-8-20-16(12-19)9-14-5-3-2-4-6-14/h2-6,10,13,16H,7-9,11-12H2,1H3/t16-/m0/s1. The SMILES string of the molecule is Cn1cncc1CN1CCO[C@@H](Cc2ccccc2)C1. The molecule has 106 valence electrons. The van der Waals surface area contributed by atoms with Gasteiger partial charge in [-0.05, 0) is 12.0 Å². The summed E-state index contributed by atoms with van der Waals surface area (Å²) in [5.41, 5.74) is 2.60. The molecule has 4 heteroatoms. The molecule has 1 aromatic heterocycles. The Labute approximate surface area is 120 Å². The summed E-state index contributed by atoms with van der Waals surface area (Å²) in [6.45, 7) is 3.75. The number of benzene rings is 1. The van der Waals surface area contributed by atoms with Crippen LogP contribution in [0.5, 0.6) is 0 Å². The van der Waals surface area contributed by atoms with E-state index in [1.165, 1.54) is 11.3 Å². The number of ether oxygens (including phenoxy) is 1. The number of nitrogens with zero attached hydrogens (tertiary/aromatic N) is 3. The van der Waals surface area contributed by atoms with E-state index in [2.05, 4.69) is 44.8 Å². The molecule has 0 spiro atoms. The number of hydrogen-bond donors (Lipinski definition) is 0. The van der Waals surface area contributed by atoms with Gasteiger partial charge in [0.15, 0.2) is 0 Å². The number of hydrogen-bond acceptors (Lipinski definition) is 3. The molecule has 1 aliphatic rings. The Morgan fingerprint density at radius 1 is 1.30 bits per heavy atom. The molecule has 0 N–H and O–H groups in total. The first-order valence-electron chi connectivity index (χ1n) is 7.14. The molecule has 4 nitrogen and oxygen atoms in total. The maximum Gasteiger partial charge on any atom is 0.0945 e. The highest BCUT2D eigenvalue weighted by molar-refractivity contribution is 5.15. The van der Waals surface area contributed by atoms with Gasteiger partial charge >= 0.3 is 0 Å². The summed E-state index contributed by atoms with van der Waals surface area (Å²) in [6, 6.07) is 10.6. The molecule has 0 radical (unpaired) electrons. The van der Waals surface area contributed by atoms with Gasteiger partial charge in [0.05, 0.1) is 24.7 Å². The van der Waals surface area contributed by atoms with Gasteiger partial charge in [-0.1, -0.05) is 30.3 Å². The molecule has 0 bridgehead atoms. The van der Waals surface area contributed by atoms with Crippen LogP contribution in [0.2, 0.25) is 0 Å². The van der Waals surface area contributed by atoms with Crippen LogP contribution in [0, 0.1) is 0 Å². The molecule has 0 amide bonds. The van der Waals surface area contributed by atoms with Crippen LogP contribution >= 0.6 is 0 Å². The molecular formula is C16H21N3O. The van der Waals surface area contributed by atoms with Crippen LogP contribution in [0.25, 0.3) is 0 Å². The van der Waals surface area contributed by atoms with Crippen molar-refractivity contribution < 1.29 is 4.74 Å². The molecule has 1 fully saturated rings. The molecular weight excluding hydrogens is 250 g/mol. The van der Waals surface area contributed by atoms with Crippen molar-refractivity contribution in [3.05, 3.63) is 54.1 Å². The number of imidazole rings is 1. The Bertz CT molecular complexity index is 538. The molecule has 3 rings (SSSR count). The predicted octanol–water partition coefficient (Wildman–Crippen LogP) is 1.86. The maximum atomic E-state index is 5.90. The molecule has 20 heavy (non-hydrogen) atoms. The van der Waals surface area contributed by atoms with E-state index in [1.807, 2.05) is 19.6 Å². The van der Waals surface area contributed by atoms with Gasteiger partial charge in [0.1, 0.15) is 0 Å². The molecule has 1 atom stereocenters. The first-order valence-corrected chi connectivity index (χ1v) is 7.14. The van der Waals surface area contributed by atoms with Crippen LogP contribution in [0.1, 0.15) is 11.3 Å². The zero-order valence-corrected chi connectivity index (χ0v) is 11.9. The Balaban J connectivity index is 1.58. The van der Waals surface area contributed by atoms with Gasteiger partial charge in [-0.2, -0.15) is 0 Å². The smallest absolute Gasteiger partial charge is 0.0945 e. The van der Waals surface area contributed by atoms with Crippen LogP contribution in [0.15, 0.2) is 42.9 Å². The highest BCUT2D eigenvalue weighted by Crippen LogP contribution is 2.14. The Morgan fingerprint density at radius 2 is 2.15 bits per heavy atom. The van der Waals surface area contributed by atoms with Gasteiger partial charge in [0, 0.05) is 32.9 Å². The van der Waals surface area contributed by atoms with Crippen molar-refractivity contribution >= 4 is 0 Å². The normalized spacial score (nSPS) is 20.1. The lowest BCUT2D eigenvalue weighted by Crippen LogP contribution is -2.43. The van der Waals surface area contributed by atoms with Crippen molar-refractivity contribution in [2.75, 3.05) is 19.7 Å². The fourth-order valence-electron chi connectivity index (χ4n) is 2.69. The Morgan fingerprint density at radius 3 is 2.90 bits per heavy atom. The number of aryl methyl sites for hydroxylation is 1. The summed E-state index contributed by atoms with van der Waals surface area (Å²) < 4.78 is 7.98. The first-order chi connectivity index (χ1) is 9.81. The van der Waals surface area contributed by atoms with E-state index in [1.54, 1.807) is 0 Å². The monoisotopic (exact) mass is 271 g/mol. The largest absolute Gasteiger partial charge is 0.375 e. The summed E-state index contributed by atoms with van der Waals surface area (Å²) in [5.74, 6) is 0. The van der Waals surface area contributed by atoms with E-state index in [0.717, 1.165) is 32.7 Å². The number of aromatic nitrogens is 2. The third-order valence-corrected chi connectivity index (χ3v) is 3.83. The molecule has 1 saturated heterocycles. The molecule has 1 aromatic carbocycles. The summed E-state index contributed by atoms with van der Waals surface area (Å²) in [4.78, 5) is 6.63. The predicted molar refractivity (Wildman–Crippen MR) is 78.4 cm³/mol. The molecule has 1 aliphatic heterocycles. The van der Waals surface area contributed by atoms with Gasteiger partial charge in [0.2, 0.25) is 0 Å². The van der Waals surface area contributed by atoms with E-state index >= 15 is 0 Å². The lowest BCUT2D eigenvalue weighted by Gasteiger charge is -2.33. The quantitative estimate of drug-likeness (QED) is 0.850. The second-order valence-electron chi connectivity index (χ2n) is 5.41. The zero-order chi connectivity index (χ0) is 13.8. The molecule has 2 heterocycles. The molecule has 2 aromatic rings. The highest BCUT2D eigenvalue weighted by atomic mass is 16.5. The van der Waals surface area contributed by atoms with Crippen molar-refractivity contribution in [1.82, 2.24) is 14.5 Å². The van der Waals surface area contributed by atoms with Crippen LogP contribution in [-0.2, 0) is 24.8 Å². The lowest BCUT2D eigenvalue weighted by atomic mass is 10.1. The zero-order valence-electron chi connectivity index (χ0n) is 11.9.